The Morgan fingerprint density at radius 1 is 1.20 bits per heavy atom. The molecule has 0 aliphatic carbocycles. The van der Waals surface area contributed by atoms with Crippen LogP contribution in [0, 0.1) is 5.92 Å². The van der Waals surface area contributed by atoms with Crippen LogP contribution in [-0.4, -0.2) is 29.2 Å². The van der Waals surface area contributed by atoms with Crippen molar-refractivity contribution in [1.29, 1.82) is 0 Å². The maximum Gasteiger partial charge on any atom is 0.326 e. The van der Waals surface area contributed by atoms with E-state index < -0.39 is 18.0 Å². The average Bonchev–Trinajstić information content (AvgIpc) is 2.12. The Morgan fingerprint density at radius 3 is 2.07 bits per heavy atom. The number of carbonyl (C=O) groups is 2. The van der Waals surface area contributed by atoms with Crippen molar-refractivity contribution < 1.29 is 14.7 Å². The summed E-state index contributed by atoms with van der Waals surface area (Å²) in [6.07, 6.45) is 0.812. The third-order valence-electron chi connectivity index (χ3n) is 2.21. The number of urea groups is 1. The third kappa shape index (κ3) is 5.24. The lowest BCUT2D eigenvalue weighted by Crippen LogP contribution is -2.50. The number of aliphatic carboxylic acids is 1. The van der Waals surface area contributed by atoms with Crippen LogP contribution in [0.2, 0.25) is 0 Å². The first kappa shape index (κ1) is 13.7. The zero-order valence-electron chi connectivity index (χ0n) is 9.70. The van der Waals surface area contributed by atoms with Gasteiger partial charge in [-0.2, -0.15) is 0 Å². The van der Waals surface area contributed by atoms with Crippen LogP contribution in [0.3, 0.4) is 0 Å². The second-order valence-electron chi connectivity index (χ2n) is 3.99. The zero-order valence-corrected chi connectivity index (χ0v) is 9.70. The van der Waals surface area contributed by atoms with Crippen molar-refractivity contribution in [2.75, 3.05) is 0 Å². The van der Waals surface area contributed by atoms with E-state index in [0.29, 0.717) is 0 Å². The van der Waals surface area contributed by atoms with Gasteiger partial charge < -0.3 is 15.7 Å². The van der Waals surface area contributed by atoms with Gasteiger partial charge in [0.25, 0.3) is 0 Å². The van der Waals surface area contributed by atoms with Crippen molar-refractivity contribution in [2.45, 2.75) is 46.2 Å². The highest BCUT2D eigenvalue weighted by molar-refractivity contribution is 5.82. The first-order valence-electron chi connectivity index (χ1n) is 5.18. The van der Waals surface area contributed by atoms with E-state index in [4.69, 9.17) is 5.11 Å². The molecule has 1 unspecified atom stereocenters. The number of rotatable bonds is 5. The van der Waals surface area contributed by atoms with Gasteiger partial charge in [-0.15, -0.1) is 0 Å². The third-order valence-corrected chi connectivity index (χ3v) is 2.21. The second-order valence-corrected chi connectivity index (χ2v) is 3.99. The van der Waals surface area contributed by atoms with E-state index in [0.717, 1.165) is 6.42 Å². The molecule has 2 amide bonds. The van der Waals surface area contributed by atoms with E-state index in [2.05, 4.69) is 10.6 Å². The molecule has 0 saturated carbocycles. The van der Waals surface area contributed by atoms with Gasteiger partial charge in [0, 0.05) is 6.04 Å². The quantitative estimate of drug-likeness (QED) is 0.646. The molecule has 3 N–H and O–H groups in total. The number of nitrogens with one attached hydrogen (secondary N) is 2. The smallest absolute Gasteiger partial charge is 0.326 e. The summed E-state index contributed by atoms with van der Waals surface area (Å²) in [7, 11) is 0. The molecule has 5 heteroatoms. The van der Waals surface area contributed by atoms with Crippen LogP contribution in [0.5, 0.6) is 0 Å². The first-order valence-corrected chi connectivity index (χ1v) is 5.18. The van der Waals surface area contributed by atoms with Gasteiger partial charge in [0.05, 0.1) is 0 Å². The van der Waals surface area contributed by atoms with E-state index in [-0.39, 0.29) is 12.0 Å². The predicted octanol–water partition coefficient (Wildman–Crippen LogP) is 1.19. The van der Waals surface area contributed by atoms with Crippen molar-refractivity contribution >= 4 is 12.0 Å². The summed E-state index contributed by atoms with van der Waals surface area (Å²) in [4.78, 5) is 22.1. The maximum atomic E-state index is 11.3. The Morgan fingerprint density at radius 2 is 1.73 bits per heavy atom. The summed E-state index contributed by atoms with van der Waals surface area (Å²) < 4.78 is 0. The predicted molar refractivity (Wildman–Crippen MR) is 57.7 cm³/mol. The lowest BCUT2D eigenvalue weighted by molar-refractivity contribution is -0.140. The molecule has 0 bridgehead atoms. The Bertz CT molecular complexity index is 229. The van der Waals surface area contributed by atoms with Crippen molar-refractivity contribution in [3.8, 4) is 0 Å². The lowest BCUT2D eigenvalue weighted by Gasteiger charge is -2.19. The Kier molecular flexibility index (Phi) is 5.74. The monoisotopic (exact) mass is 216 g/mol. The van der Waals surface area contributed by atoms with Gasteiger partial charge in [-0.3, -0.25) is 0 Å². The molecule has 0 aliphatic heterocycles. The summed E-state index contributed by atoms with van der Waals surface area (Å²) in [6.45, 7) is 7.32. The Hall–Kier alpha value is -1.26. The van der Waals surface area contributed by atoms with E-state index in [9.17, 15) is 9.59 Å². The number of carbonyl (C=O) groups excluding carboxylic acids is 1. The highest BCUT2D eigenvalue weighted by Crippen LogP contribution is 2.01. The van der Waals surface area contributed by atoms with Crippen LogP contribution >= 0.6 is 0 Å². The van der Waals surface area contributed by atoms with Gasteiger partial charge in [0.15, 0.2) is 0 Å². The molecule has 0 radical (unpaired) electrons. The van der Waals surface area contributed by atoms with E-state index >= 15 is 0 Å². The van der Waals surface area contributed by atoms with Gasteiger partial charge in [-0.25, -0.2) is 9.59 Å². The molecule has 88 valence electrons. The van der Waals surface area contributed by atoms with Gasteiger partial charge in [-0.1, -0.05) is 20.8 Å². The molecule has 0 aromatic rings. The molecule has 0 rings (SSSR count). The number of carboxylic acids is 1. The fraction of sp³-hybridized carbons (Fsp3) is 0.800. The topological polar surface area (TPSA) is 78.4 Å². The van der Waals surface area contributed by atoms with Crippen molar-refractivity contribution in [3.63, 3.8) is 0 Å². The van der Waals surface area contributed by atoms with Gasteiger partial charge in [0.1, 0.15) is 6.04 Å². The van der Waals surface area contributed by atoms with Crippen molar-refractivity contribution in [3.05, 3.63) is 0 Å². The molecule has 0 saturated heterocycles. The number of carboxylic acid groups (broad SMARTS) is 1. The molecular formula is C10H20N2O3. The summed E-state index contributed by atoms with van der Waals surface area (Å²) in [5.41, 5.74) is 0. The van der Waals surface area contributed by atoms with Gasteiger partial charge in [-0.05, 0) is 19.3 Å². The minimum atomic E-state index is -1.01. The highest BCUT2D eigenvalue weighted by Gasteiger charge is 2.23. The SMILES string of the molecule is CCC(C)NC(=O)N[C@@H](C(=O)O)C(C)C. The minimum absolute atomic E-state index is 0.0478. The van der Waals surface area contributed by atoms with Crippen LogP contribution in [0.1, 0.15) is 34.1 Å². The zero-order chi connectivity index (χ0) is 12.0. The fourth-order valence-corrected chi connectivity index (χ4v) is 1.02. The summed E-state index contributed by atoms with van der Waals surface area (Å²) in [6, 6.07) is -1.22. The molecule has 0 aromatic heterocycles. The van der Waals surface area contributed by atoms with Crippen molar-refractivity contribution in [1.82, 2.24) is 10.6 Å². The standard InChI is InChI=1S/C10H20N2O3/c1-5-7(4)11-10(15)12-8(6(2)3)9(13)14/h6-8H,5H2,1-4H3,(H,13,14)(H2,11,12,15)/t7?,8-/m1/s1. The molecule has 0 aliphatic rings. The lowest BCUT2D eigenvalue weighted by atomic mass is 10.1. The fourth-order valence-electron chi connectivity index (χ4n) is 1.02. The maximum absolute atomic E-state index is 11.3. The van der Waals surface area contributed by atoms with Gasteiger partial charge in [0.2, 0.25) is 0 Å². The largest absolute Gasteiger partial charge is 0.480 e. The van der Waals surface area contributed by atoms with Crippen LogP contribution in [-0.2, 0) is 4.79 Å². The molecule has 15 heavy (non-hydrogen) atoms. The minimum Gasteiger partial charge on any atom is -0.480 e. The van der Waals surface area contributed by atoms with Crippen LogP contribution in [0.25, 0.3) is 0 Å². The van der Waals surface area contributed by atoms with Crippen LogP contribution in [0.15, 0.2) is 0 Å². The summed E-state index contributed by atoms with van der Waals surface area (Å²) in [5.74, 6) is -1.14. The second kappa shape index (κ2) is 6.27. The van der Waals surface area contributed by atoms with E-state index in [1.807, 2.05) is 13.8 Å². The molecular weight excluding hydrogens is 196 g/mol. The highest BCUT2D eigenvalue weighted by atomic mass is 16.4. The van der Waals surface area contributed by atoms with Crippen LogP contribution in [0.4, 0.5) is 4.79 Å². The molecule has 2 atom stereocenters. The molecule has 0 heterocycles. The Balaban J connectivity index is 4.18. The van der Waals surface area contributed by atoms with Crippen molar-refractivity contribution in [2.24, 2.45) is 5.92 Å². The number of hydrogen-bond donors (Lipinski definition) is 3. The molecule has 0 spiro atoms. The average molecular weight is 216 g/mol. The summed E-state index contributed by atoms with van der Waals surface area (Å²) >= 11 is 0. The van der Waals surface area contributed by atoms with E-state index in [1.54, 1.807) is 13.8 Å². The normalized spacial score (nSPS) is 14.5. The molecule has 5 nitrogen and oxygen atoms in total. The Labute approximate surface area is 90.2 Å². The first-order chi connectivity index (χ1) is 6.88. The van der Waals surface area contributed by atoms with Crippen LogP contribution < -0.4 is 10.6 Å². The summed E-state index contributed by atoms with van der Waals surface area (Å²) in [5, 5.41) is 13.9. The number of amides is 2. The van der Waals surface area contributed by atoms with E-state index in [1.165, 1.54) is 0 Å². The molecule has 0 aromatic carbocycles. The van der Waals surface area contributed by atoms with Gasteiger partial charge >= 0.3 is 12.0 Å². The molecule has 0 fully saturated rings. The number of hydrogen-bond acceptors (Lipinski definition) is 2.